The number of nitrogens with one attached hydrogen (secondary N) is 2. The molecule has 1 heterocycles. The monoisotopic (exact) mass is 283 g/mol. The zero-order chi connectivity index (χ0) is 15.2. The topological polar surface area (TPSA) is 61.4 Å². The average molecular weight is 283 g/mol. The first-order chi connectivity index (χ1) is 9.28. The number of rotatable bonds is 5. The largest absolute Gasteiger partial charge is 0.356 e. The van der Waals surface area contributed by atoms with E-state index in [4.69, 9.17) is 0 Å². The van der Waals surface area contributed by atoms with Crippen LogP contribution in [0.15, 0.2) is 0 Å². The summed E-state index contributed by atoms with van der Waals surface area (Å²) < 4.78 is 0. The summed E-state index contributed by atoms with van der Waals surface area (Å²) in [5, 5.41) is 6.20. The maximum atomic E-state index is 12.1. The molecule has 2 amide bonds. The summed E-state index contributed by atoms with van der Waals surface area (Å²) >= 11 is 0. The molecule has 1 rings (SSSR count). The smallest absolute Gasteiger partial charge is 0.223 e. The Morgan fingerprint density at radius 1 is 1.20 bits per heavy atom. The average Bonchev–Trinajstić information content (AvgIpc) is 2.35. The van der Waals surface area contributed by atoms with Gasteiger partial charge in [0.15, 0.2) is 0 Å². The number of piperidine rings is 1. The van der Waals surface area contributed by atoms with Crippen molar-refractivity contribution in [3.63, 3.8) is 0 Å². The van der Waals surface area contributed by atoms with Gasteiger partial charge in [0.05, 0.1) is 0 Å². The number of amides is 2. The van der Waals surface area contributed by atoms with Crippen molar-refractivity contribution in [2.45, 2.75) is 52.5 Å². The summed E-state index contributed by atoms with van der Waals surface area (Å²) in [5.41, 5.74) is 0.0611. The third-order valence-corrected chi connectivity index (χ3v) is 3.60. The molecule has 5 heteroatoms. The Morgan fingerprint density at radius 3 is 2.30 bits per heavy atom. The number of nitrogens with zero attached hydrogens (tertiary/aromatic N) is 1. The molecule has 0 spiro atoms. The molecule has 20 heavy (non-hydrogen) atoms. The van der Waals surface area contributed by atoms with Gasteiger partial charge in [0.25, 0.3) is 0 Å². The van der Waals surface area contributed by atoms with Crippen molar-refractivity contribution < 1.29 is 9.59 Å². The van der Waals surface area contributed by atoms with Crippen molar-refractivity contribution >= 4 is 11.8 Å². The van der Waals surface area contributed by atoms with Crippen molar-refractivity contribution in [1.82, 2.24) is 15.5 Å². The van der Waals surface area contributed by atoms with Gasteiger partial charge < -0.3 is 15.5 Å². The lowest BCUT2D eigenvalue weighted by Crippen LogP contribution is -2.43. The lowest BCUT2D eigenvalue weighted by atomic mass is 9.96. The maximum absolute atomic E-state index is 12.1. The predicted molar refractivity (Wildman–Crippen MR) is 80.4 cm³/mol. The second-order valence-electron chi connectivity index (χ2n) is 6.69. The van der Waals surface area contributed by atoms with Crippen molar-refractivity contribution in [3.8, 4) is 0 Å². The normalized spacial score (nSPS) is 17.1. The molecular weight excluding hydrogens is 254 g/mol. The van der Waals surface area contributed by atoms with Crippen LogP contribution in [0.4, 0.5) is 0 Å². The molecule has 1 saturated heterocycles. The lowest BCUT2D eigenvalue weighted by molar-refractivity contribution is -0.132. The van der Waals surface area contributed by atoms with Gasteiger partial charge >= 0.3 is 0 Å². The molecule has 0 atom stereocenters. The highest BCUT2D eigenvalue weighted by Gasteiger charge is 2.22. The first kappa shape index (κ1) is 17.0. The summed E-state index contributed by atoms with van der Waals surface area (Å²) in [6, 6.07) is 0. The van der Waals surface area contributed by atoms with Crippen LogP contribution < -0.4 is 10.6 Å². The summed E-state index contributed by atoms with van der Waals surface area (Å²) in [5.74, 6) is 0.770. The lowest BCUT2D eigenvalue weighted by Gasteiger charge is -2.32. The van der Waals surface area contributed by atoms with Gasteiger partial charge in [-0.1, -0.05) is 0 Å². The van der Waals surface area contributed by atoms with E-state index >= 15 is 0 Å². The van der Waals surface area contributed by atoms with Crippen LogP contribution in [0, 0.1) is 5.92 Å². The third kappa shape index (κ3) is 6.89. The maximum Gasteiger partial charge on any atom is 0.223 e. The molecule has 0 unspecified atom stereocenters. The zero-order valence-corrected chi connectivity index (χ0v) is 13.3. The predicted octanol–water partition coefficient (Wildman–Crippen LogP) is 1.14. The molecule has 0 aromatic rings. The Balaban J connectivity index is 2.20. The minimum atomic E-state index is 0.0248. The van der Waals surface area contributed by atoms with E-state index in [9.17, 15) is 9.59 Å². The minimum Gasteiger partial charge on any atom is -0.356 e. The Bertz CT molecular complexity index is 329. The van der Waals surface area contributed by atoms with Crippen LogP contribution in [0.3, 0.4) is 0 Å². The molecular formula is C15H29N3O2. The quantitative estimate of drug-likeness (QED) is 0.795. The molecule has 0 bridgehead atoms. The van der Waals surface area contributed by atoms with Crippen molar-refractivity contribution in [2.24, 2.45) is 5.92 Å². The molecule has 0 saturated carbocycles. The highest BCUT2D eigenvalue weighted by molar-refractivity contribution is 5.76. The molecule has 1 aliphatic heterocycles. The van der Waals surface area contributed by atoms with Gasteiger partial charge in [-0.2, -0.15) is 0 Å². The standard InChI is InChI=1S/C15H29N3O2/c1-12(19)16-11-13-6-9-18(10-7-13)14(20)5-8-17-15(2,3)4/h13,17H,5-11H2,1-4H3,(H,16,19). The van der Waals surface area contributed by atoms with Crippen LogP contribution in [-0.4, -0.2) is 48.4 Å². The van der Waals surface area contributed by atoms with E-state index in [2.05, 4.69) is 31.4 Å². The number of carbonyl (C=O) groups is 2. The molecule has 2 N–H and O–H groups in total. The summed E-state index contributed by atoms with van der Waals surface area (Å²) in [6.07, 6.45) is 2.53. The number of hydrogen-bond acceptors (Lipinski definition) is 3. The van der Waals surface area contributed by atoms with Crippen LogP contribution in [-0.2, 0) is 9.59 Å². The highest BCUT2D eigenvalue weighted by atomic mass is 16.2. The minimum absolute atomic E-state index is 0.0248. The summed E-state index contributed by atoms with van der Waals surface area (Å²) in [4.78, 5) is 24.9. The second-order valence-corrected chi connectivity index (χ2v) is 6.69. The Kier molecular flexibility index (Phi) is 6.46. The number of carbonyl (C=O) groups excluding carboxylic acids is 2. The van der Waals surface area contributed by atoms with Gasteiger partial charge in [0.2, 0.25) is 11.8 Å². The van der Waals surface area contributed by atoms with Gasteiger partial charge in [0, 0.05) is 45.1 Å². The summed E-state index contributed by atoms with van der Waals surface area (Å²) in [7, 11) is 0. The van der Waals surface area contributed by atoms with Crippen LogP contribution in [0.25, 0.3) is 0 Å². The van der Waals surface area contributed by atoms with Gasteiger partial charge in [-0.25, -0.2) is 0 Å². The molecule has 116 valence electrons. The Hall–Kier alpha value is -1.10. The highest BCUT2D eigenvalue weighted by Crippen LogP contribution is 2.17. The van der Waals surface area contributed by atoms with E-state index in [1.54, 1.807) is 6.92 Å². The Morgan fingerprint density at radius 2 is 1.80 bits per heavy atom. The SMILES string of the molecule is CC(=O)NCC1CCN(C(=O)CCNC(C)(C)C)CC1. The van der Waals surface area contributed by atoms with E-state index < -0.39 is 0 Å². The fourth-order valence-corrected chi connectivity index (χ4v) is 2.38. The van der Waals surface area contributed by atoms with E-state index in [0.29, 0.717) is 12.3 Å². The number of hydrogen-bond donors (Lipinski definition) is 2. The van der Waals surface area contributed by atoms with E-state index in [1.807, 2.05) is 4.90 Å². The van der Waals surface area contributed by atoms with Crippen molar-refractivity contribution in [3.05, 3.63) is 0 Å². The Labute approximate surface area is 122 Å². The third-order valence-electron chi connectivity index (χ3n) is 3.60. The molecule has 1 aliphatic rings. The van der Waals surface area contributed by atoms with Gasteiger partial charge in [-0.3, -0.25) is 9.59 Å². The van der Waals surface area contributed by atoms with E-state index in [-0.39, 0.29) is 17.4 Å². The van der Waals surface area contributed by atoms with Crippen LogP contribution >= 0.6 is 0 Å². The molecule has 5 nitrogen and oxygen atoms in total. The van der Waals surface area contributed by atoms with Crippen LogP contribution in [0.2, 0.25) is 0 Å². The first-order valence-corrected chi connectivity index (χ1v) is 7.55. The van der Waals surface area contributed by atoms with Crippen LogP contribution in [0.5, 0.6) is 0 Å². The first-order valence-electron chi connectivity index (χ1n) is 7.55. The van der Waals surface area contributed by atoms with E-state index in [0.717, 1.165) is 39.0 Å². The van der Waals surface area contributed by atoms with E-state index in [1.165, 1.54) is 0 Å². The van der Waals surface area contributed by atoms with Crippen LogP contribution in [0.1, 0.15) is 47.0 Å². The fourth-order valence-electron chi connectivity index (χ4n) is 2.38. The zero-order valence-electron chi connectivity index (χ0n) is 13.3. The molecule has 0 radical (unpaired) electrons. The fraction of sp³-hybridized carbons (Fsp3) is 0.867. The van der Waals surface area contributed by atoms with Crippen molar-refractivity contribution in [2.75, 3.05) is 26.2 Å². The molecule has 1 fully saturated rings. The van der Waals surface area contributed by atoms with Crippen molar-refractivity contribution in [1.29, 1.82) is 0 Å². The second kappa shape index (κ2) is 7.62. The van der Waals surface area contributed by atoms with Gasteiger partial charge in [0.1, 0.15) is 0 Å². The molecule has 0 aromatic heterocycles. The number of likely N-dealkylation sites (tertiary alicyclic amines) is 1. The molecule has 0 aliphatic carbocycles. The summed E-state index contributed by atoms with van der Waals surface area (Å²) in [6.45, 7) is 11.0. The van der Waals surface area contributed by atoms with Gasteiger partial charge in [-0.05, 0) is 39.5 Å². The molecule has 0 aromatic carbocycles. The van der Waals surface area contributed by atoms with Gasteiger partial charge in [-0.15, -0.1) is 0 Å².